The van der Waals surface area contributed by atoms with Crippen LogP contribution in [0, 0.1) is 0 Å². The van der Waals surface area contributed by atoms with Crippen molar-refractivity contribution in [3.63, 3.8) is 0 Å². The third kappa shape index (κ3) is 10.6. The fourth-order valence-electron chi connectivity index (χ4n) is 2.62. The standard InChI is InChI=1S/C18H32/c1-2-4-6-8-10-12-14-16-18-17-15-13-11-9-7-5-3-1/h1-2,5,7H,3-4,6,8-18H2/b2-1+,7-5+. The van der Waals surface area contributed by atoms with Gasteiger partial charge in [0.2, 0.25) is 0 Å². The Morgan fingerprint density at radius 1 is 0.333 bits per heavy atom. The summed E-state index contributed by atoms with van der Waals surface area (Å²) in [7, 11) is 0. The van der Waals surface area contributed by atoms with Gasteiger partial charge in [-0.15, -0.1) is 0 Å². The van der Waals surface area contributed by atoms with Crippen LogP contribution in [-0.4, -0.2) is 0 Å². The molecule has 1 aliphatic rings. The van der Waals surface area contributed by atoms with E-state index in [1.165, 1.54) is 83.5 Å². The first-order valence-electron chi connectivity index (χ1n) is 8.30. The Morgan fingerprint density at radius 2 is 0.667 bits per heavy atom. The lowest BCUT2D eigenvalue weighted by Gasteiger charge is -2.02. The van der Waals surface area contributed by atoms with Crippen LogP contribution >= 0.6 is 0 Å². The lowest BCUT2D eigenvalue weighted by molar-refractivity contribution is 0.547. The van der Waals surface area contributed by atoms with E-state index in [0.29, 0.717) is 0 Å². The van der Waals surface area contributed by atoms with Crippen molar-refractivity contribution < 1.29 is 0 Å². The van der Waals surface area contributed by atoms with E-state index in [9.17, 15) is 0 Å². The van der Waals surface area contributed by atoms with Gasteiger partial charge in [0.1, 0.15) is 0 Å². The van der Waals surface area contributed by atoms with E-state index in [2.05, 4.69) is 24.3 Å². The minimum atomic E-state index is 1.14. The molecule has 18 heavy (non-hydrogen) atoms. The quantitative estimate of drug-likeness (QED) is 0.425. The van der Waals surface area contributed by atoms with Crippen LogP contribution in [0.4, 0.5) is 0 Å². The summed E-state index contributed by atoms with van der Waals surface area (Å²) >= 11 is 0. The van der Waals surface area contributed by atoms with Crippen molar-refractivity contribution in [2.24, 2.45) is 0 Å². The molecular weight excluding hydrogens is 216 g/mol. The van der Waals surface area contributed by atoms with Crippen LogP contribution in [0.15, 0.2) is 24.3 Å². The maximum Gasteiger partial charge on any atom is -0.0169 e. The maximum atomic E-state index is 2.37. The molecule has 104 valence electrons. The molecule has 0 N–H and O–H groups in total. The van der Waals surface area contributed by atoms with Gasteiger partial charge < -0.3 is 0 Å². The summed E-state index contributed by atoms with van der Waals surface area (Å²) in [5.41, 5.74) is 0. The normalized spacial score (nSPS) is 25.8. The highest BCUT2D eigenvalue weighted by molar-refractivity contribution is 4.92. The monoisotopic (exact) mass is 248 g/mol. The molecule has 0 aromatic carbocycles. The molecule has 0 nitrogen and oxygen atoms in total. The molecule has 0 spiro atoms. The zero-order chi connectivity index (χ0) is 12.7. The van der Waals surface area contributed by atoms with E-state index in [-0.39, 0.29) is 0 Å². The smallest absolute Gasteiger partial charge is 0.0169 e. The van der Waals surface area contributed by atoms with Crippen LogP contribution in [0.3, 0.4) is 0 Å². The number of allylic oxidation sites excluding steroid dienone is 4. The van der Waals surface area contributed by atoms with E-state index < -0.39 is 0 Å². The molecule has 0 aromatic heterocycles. The highest BCUT2D eigenvalue weighted by Crippen LogP contribution is 2.13. The maximum absolute atomic E-state index is 2.37. The molecule has 0 aromatic rings. The van der Waals surface area contributed by atoms with Gasteiger partial charge in [0.15, 0.2) is 0 Å². The first-order chi connectivity index (χ1) is 9.00. The van der Waals surface area contributed by atoms with Crippen LogP contribution in [-0.2, 0) is 0 Å². The summed E-state index contributed by atoms with van der Waals surface area (Å²) < 4.78 is 0. The topological polar surface area (TPSA) is 0 Å². The van der Waals surface area contributed by atoms with Gasteiger partial charge in [0.25, 0.3) is 0 Å². The molecular formula is C18H32. The van der Waals surface area contributed by atoms with Gasteiger partial charge in [0, 0.05) is 0 Å². The molecule has 0 unspecified atom stereocenters. The first-order valence-corrected chi connectivity index (χ1v) is 8.30. The van der Waals surface area contributed by atoms with Gasteiger partial charge >= 0.3 is 0 Å². The van der Waals surface area contributed by atoms with Gasteiger partial charge in [0.05, 0.1) is 0 Å². The first kappa shape index (κ1) is 15.5. The van der Waals surface area contributed by atoms with Crippen molar-refractivity contribution in [2.45, 2.75) is 89.9 Å². The van der Waals surface area contributed by atoms with Crippen LogP contribution in [0.2, 0.25) is 0 Å². The number of hydrogen-bond donors (Lipinski definition) is 0. The SMILES string of the molecule is C1=C/CCCCCCCCCCCCC/C=C/C/1. The second kappa shape index (κ2) is 12.9. The van der Waals surface area contributed by atoms with E-state index in [4.69, 9.17) is 0 Å². The van der Waals surface area contributed by atoms with Crippen LogP contribution < -0.4 is 0 Å². The second-order valence-electron chi connectivity index (χ2n) is 5.64. The fourth-order valence-corrected chi connectivity index (χ4v) is 2.62. The van der Waals surface area contributed by atoms with Gasteiger partial charge in [-0.3, -0.25) is 0 Å². The third-order valence-corrected chi connectivity index (χ3v) is 3.85. The van der Waals surface area contributed by atoms with E-state index >= 15 is 0 Å². The van der Waals surface area contributed by atoms with Gasteiger partial charge in [-0.2, -0.15) is 0 Å². The summed E-state index contributed by atoms with van der Waals surface area (Å²) in [6.45, 7) is 0. The molecule has 1 rings (SSSR count). The molecule has 0 aliphatic heterocycles. The van der Waals surface area contributed by atoms with Crippen LogP contribution in [0.1, 0.15) is 89.9 Å². The Kier molecular flexibility index (Phi) is 11.2. The second-order valence-corrected chi connectivity index (χ2v) is 5.64. The summed E-state index contributed by atoms with van der Waals surface area (Å²) in [4.78, 5) is 0. The van der Waals surface area contributed by atoms with E-state index in [0.717, 1.165) is 6.42 Å². The molecule has 0 amide bonds. The van der Waals surface area contributed by atoms with Gasteiger partial charge in [-0.1, -0.05) is 82.1 Å². The average Bonchev–Trinajstić information content (AvgIpc) is 2.39. The number of hydrogen-bond acceptors (Lipinski definition) is 0. The largest absolute Gasteiger partial charge is 0.0882 e. The number of rotatable bonds is 0. The van der Waals surface area contributed by atoms with Crippen LogP contribution in [0.5, 0.6) is 0 Å². The summed E-state index contributed by atoms with van der Waals surface area (Å²) in [5, 5.41) is 0. The summed E-state index contributed by atoms with van der Waals surface area (Å²) in [6, 6.07) is 0. The van der Waals surface area contributed by atoms with Crippen molar-refractivity contribution in [1.82, 2.24) is 0 Å². The zero-order valence-electron chi connectivity index (χ0n) is 12.2. The molecule has 0 bridgehead atoms. The summed E-state index contributed by atoms with van der Waals surface area (Å²) in [6.07, 6.45) is 29.0. The molecule has 0 radical (unpaired) electrons. The van der Waals surface area contributed by atoms with Gasteiger partial charge in [-0.25, -0.2) is 0 Å². The molecule has 0 atom stereocenters. The lowest BCUT2D eigenvalue weighted by Crippen LogP contribution is -1.82. The minimum Gasteiger partial charge on any atom is -0.0882 e. The Bertz CT molecular complexity index is 190. The molecule has 0 heteroatoms. The van der Waals surface area contributed by atoms with Crippen molar-refractivity contribution in [3.8, 4) is 0 Å². The Hall–Kier alpha value is -0.520. The van der Waals surface area contributed by atoms with Crippen molar-refractivity contribution >= 4 is 0 Å². The van der Waals surface area contributed by atoms with Gasteiger partial charge in [-0.05, 0) is 32.1 Å². The van der Waals surface area contributed by atoms with Crippen molar-refractivity contribution in [1.29, 1.82) is 0 Å². The van der Waals surface area contributed by atoms with Crippen molar-refractivity contribution in [2.75, 3.05) is 0 Å². The van der Waals surface area contributed by atoms with Crippen molar-refractivity contribution in [3.05, 3.63) is 24.3 Å². The van der Waals surface area contributed by atoms with E-state index in [1.54, 1.807) is 0 Å². The highest BCUT2D eigenvalue weighted by Gasteiger charge is 1.93. The molecule has 0 saturated carbocycles. The fraction of sp³-hybridized carbons (Fsp3) is 0.778. The predicted molar refractivity (Wildman–Crippen MR) is 82.9 cm³/mol. The molecule has 1 aliphatic carbocycles. The highest BCUT2D eigenvalue weighted by atomic mass is 14.0. The predicted octanol–water partition coefficient (Wildman–Crippen LogP) is 6.57. The average molecular weight is 248 g/mol. The van der Waals surface area contributed by atoms with E-state index in [1.807, 2.05) is 0 Å². The molecule has 0 fully saturated rings. The Balaban J connectivity index is 2.13. The molecule has 0 heterocycles. The Labute approximate surface area is 115 Å². The third-order valence-electron chi connectivity index (χ3n) is 3.85. The Morgan fingerprint density at radius 3 is 1.06 bits per heavy atom. The lowest BCUT2D eigenvalue weighted by atomic mass is 10.0. The minimum absolute atomic E-state index is 1.14. The van der Waals surface area contributed by atoms with Crippen LogP contribution in [0.25, 0.3) is 0 Å². The molecule has 0 saturated heterocycles. The summed E-state index contributed by atoms with van der Waals surface area (Å²) in [5.74, 6) is 0. The zero-order valence-corrected chi connectivity index (χ0v) is 12.2.